The van der Waals surface area contributed by atoms with E-state index in [0.29, 0.717) is 17.1 Å². The van der Waals surface area contributed by atoms with Crippen molar-refractivity contribution in [3.63, 3.8) is 0 Å². The third-order valence-electron chi connectivity index (χ3n) is 6.34. The van der Waals surface area contributed by atoms with Gasteiger partial charge < -0.3 is 30.5 Å². The van der Waals surface area contributed by atoms with E-state index >= 15 is 0 Å². The van der Waals surface area contributed by atoms with Gasteiger partial charge in [0.25, 0.3) is 11.8 Å². The van der Waals surface area contributed by atoms with Gasteiger partial charge in [-0.25, -0.2) is 4.98 Å². The van der Waals surface area contributed by atoms with Gasteiger partial charge in [-0.05, 0) is 24.5 Å². The second-order valence-corrected chi connectivity index (χ2v) is 10.8. The Morgan fingerprint density at radius 3 is 2.87 bits per heavy atom. The first-order valence-electron chi connectivity index (χ1n) is 11.7. The molecule has 0 saturated carbocycles. The van der Waals surface area contributed by atoms with Gasteiger partial charge in [-0.3, -0.25) is 14.5 Å². The van der Waals surface area contributed by atoms with Gasteiger partial charge in [-0.2, -0.15) is 4.68 Å². The second kappa shape index (κ2) is 10.5. The van der Waals surface area contributed by atoms with Crippen LogP contribution in [0.25, 0.3) is 0 Å². The molecule has 3 atom stereocenters. The minimum absolute atomic E-state index is 0.115. The third-order valence-corrected chi connectivity index (χ3v) is 8.35. The van der Waals surface area contributed by atoms with Crippen molar-refractivity contribution in [1.29, 1.82) is 0 Å². The van der Waals surface area contributed by atoms with Crippen LogP contribution in [-0.4, -0.2) is 68.4 Å². The van der Waals surface area contributed by atoms with Gasteiger partial charge in [-0.1, -0.05) is 11.2 Å². The molecule has 0 aromatic carbocycles. The summed E-state index contributed by atoms with van der Waals surface area (Å²) < 4.78 is 8.75. The van der Waals surface area contributed by atoms with E-state index in [9.17, 15) is 19.5 Å². The first-order chi connectivity index (χ1) is 18.3. The van der Waals surface area contributed by atoms with Crippen LogP contribution in [0, 0.1) is 0 Å². The Balaban J connectivity index is 1.34. The number of allylic oxidation sites excluding steroid dienone is 1. The zero-order valence-corrected chi connectivity index (χ0v) is 22.2. The Morgan fingerprint density at radius 2 is 2.24 bits per heavy atom. The summed E-state index contributed by atoms with van der Waals surface area (Å²) in [6.07, 6.45) is 8.62. The van der Waals surface area contributed by atoms with Crippen LogP contribution in [0.1, 0.15) is 18.5 Å². The summed E-state index contributed by atoms with van der Waals surface area (Å²) in [4.78, 5) is 49.3. The van der Waals surface area contributed by atoms with Crippen molar-refractivity contribution in [1.82, 2.24) is 19.9 Å². The minimum atomic E-state index is -1.46. The Morgan fingerprint density at radius 1 is 1.42 bits per heavy atom. The number of oxime groups is 1. The van der Waals surface area contributed by atoms with E-state index in [1.165, 1.54) is 23.8 Å². The maximum atomic E-state index is 13.2. The number of nitrogen functional groups attached to an aromatic ring is 1. The average Bonchev–Trinajstić information content (AvgIpc) is 3.64. The lowest BCUT2D eigenvalue weighted by molar-refractivity contribution is -0.752. The molecular weight excluding hydrogens is 534 g/mol. The fourth-order valence-electron chi connectivity index (χ4n) is 4.40. The number of hydrogen-bond donors (Lipinski definition) is 2. The second-order valence-electron chi connectivity index (χ2n) is 8.80. The average molecular weight is 560 g/mol. The number of aromatic nitrogens is 3. The van der Waals surface area contributed by atoms with Crippen LogP contribution in [0.3, 0.4) is 0 Å². The Hall–Kier alpha value is -3.85. The number of nitrogens with two attached hydrogens (primary N) is 1. The lowest BCUT2D eigenvalue weighted by atomic mass is 10.0. The molecule has 1 aliphatic carbocycles. The summed E-state index contributed by atoms with van der Waals surface area (Å²) in [5.41, 5.74) is 6.17. The highest BCUT2D eigenvalue weighted by Gasteiger charge is 2.53. The molecule has 0 radical (unpaired) electrons. The van der Waals surface area contributed by atoms with Crippen LogP contribution in [0.15, 0.2) is 46.4 Å². The standard InChI is InChI=1S/C23H25N7O6S2/c1-28-8-14(35-2)9-29(28)7-12-10-37-21-17(20(32)30(21)18(12)22(33)34)26-19(31)16(15-11-38-23(24)25-15)27-36-13-5-3-4-6-13/h3,5,8-9,11,13,17,21H,4,6-7,10H2,1-2H3,(H3-,24,25,26,31,33,34)/t13?,17-,21-/m1/s1. The molecule has 38 heavy (non-hydrogen) atoms. The summed E-state index contributed by atoms with van der Waals surface area (Å²) >= 11 is 2.49. The summed E-state index contributed by atoms with van der Waals surface area (Å²) in [6.45, 7) is 0.221. The summed E-state index contributed by atoms with van der Waals surface area (Å²) in [7, 11) is 3.33. The third kappa shape index (κ3) is 4.86. The molecule has 2 aromatic rings. The van der Waals surface area contributed by atoms with Crippen LogP contribution in [0.2, 0.25) is 0 Å². The molecule has 13 nitrogen and oxygen atoms in total. The minimum Gasteiger partial charge on any atom is -0.543 e. The molecule has 0 bridgehead atoms. The number of carboxylic acids is 1. The van der Waals surface area contributed by atoms with Gasteiger partial charge in [0, 0.05) is 11.1 Å². The zero-order valence-electron chi connectivity index (χ0n) is 20.5. The molecule has 2 aliphatic heterocycles. The van der Waals surface area contributed by atoms with Crippen molar-refractivity contribution in [3.05, 3.63) is 46.9 Å². The fraction of sp³-hybridized carbons (Fsp3) is 0.391. The Labute approximate surface area is 225 Å². The van der Waals surface area contributed by atoms with E-state index in [2.05, 4.69) is 15.5 Å². The van der Waals surface area contributed by atoms with Gasteiger partial charge in [0.2, 0.25) is 11.9 Å². The number of β-lactam (4-membered cyclic amide) rings is 1. The van der Waals surface area contributed by atoms with Crippen LogP contribution < -0.4 is 25.6 Å². The Kier molecular flexibility index (Phi) is 7.12. The van der Waals surface area contributed by atoms with Gasteiger partial charge >= 0.3 is 0 Å². The molecule has 2 amide bonds. The SMILES string of the molecule is COc1cn(CC2=C(C(=O)[O-])N3C(=O)[C@@H](NC(=O)C(=NOC4C=CCC4)c4csc(N)n4)[C@H]3SC2)[n+](C)c1. The topological polar surface area (TPSA) is 168 Å². The van der Waals surface area contributed by atoms with Gasteiger partial charge in [0.05, 0.1) is 18.8 Å². The molecule has 200 valence electrons. The van der Waals surface area contributed by atoms with Gasteiger partial charge in [0.15, 0.2) is 17.9 Å². The number of thioether (sulfide) groups is 1. The number of carboxylic acid groups (broad SMARTS) is 1. The number of carbonyl (C=O) groups is 3. The number of aliphatic carboxylic acids is 1. The molecule has 1 unspecified atom stereocenters. The molecule has 3 N–H and O–H groups in total. The van der Waals surface area contributed by atoms with E-state index < -0.39 is 29.2 Å². The number of ether oxygens (including phenoxy) is 1. The van der Waals surface area contributed by atoms with Crippen LogP contribution in [0.4, 0.5) is 5.13 Å². The van der Waals surface area contributed by atoms with Crippen molar-refractivity contribution in [2.24, 2.45) is 12.2 Å². The van der Waals surface area contributed by atoms with Crippen LogP contribution in [-0.2, 0) is 32.8 Å². The molecule has 3 aliphatic rings. The van der Waals surface area contributed by atoms with Crippen molar-refractivity contribution < 1.29 is 33.7 Å². The molecule has 1 fully saturated rings. The number of amides is 2. The quantitative estimate of drug-likeness (QED) is 0.127. The maximum absolute atomic E-state index is 13.2. The Bertz CT molecular complexity index is 1380. The predicted octanol–water partition coefficient (Wildman–Crippen LogP) is -1.10. The van der Waals surface area contributed by atoms with Crippen molar-refractivity contribution >= 4 is 51.7 Å². The number of methoxy groups -OCH3 is 1. The van der Waals surface area contributed by atoms with Crippen LogP contribution in [0.5, 0.6) is 5.75 Å². The molecule has 15 heteroatoms. The lowest BCUT2D eigenvalue weighted by Gasteiger charge is -2.50. The smallest absolute Gasteiger partial charge is 0.276 e. The van der Waals surface area contributed by atoms with Crippen LogP contribution >= 0.6 is 23.1 Å². The van der Waals surface area contributed by atoms with Gasteiger partial charge in [-0.15, -0.1) is 27.8 Å². The highest BCUT2D eigenvalue weighted by molar-refractivity contribution is 8.00. The highest BCUT2D eigenvalue weighted by Crippen LogP contribution is 2.40. The van der Waals surface area contributed by atoms with Crippen molar-refractivity contribution in [2.45, 2.75) is 36.9 Å². The number of nitrogens with zero attached hydrogens (tertiary/aromatic N) is 5. The first-order valence-corrected chi connectivity index (χ1v) is 13.6. The predicted molar refractivity (Wildman–Crippen MR) is 136 cm³/mol. The number of rotatable bonds is 9. The number of hydrogen-bond acceptors (Lipinski definition) is 11. The largest absolute Gasteiger partial charge is 0.543 e. The molecule has 5 rings (SSSR count). The molecule has 2 aromatic heterocycles. The van der Waals surface area contributed by atoms with Crippen molar-refractivity contribution in [2.75, 3.05) is 18.6 Å². The first kappa shape index (κ1) is 25.8. The van der Waals surface area contributed by atoms with Gasteiger partial charge in [0.1, 0.15) is 36.0 Å². The molecular formula is C23H25N7O6S2. The molecule has 4 heterocycles. The lowest BCUT2D eigenvalue weighted by Crippen LogP contribution is -2.71. The number of thiazole rings is 1. The van der Waals surface area contributed by atoms with E-state index in [-0.39, 0.29) is 34.9 Å². The molecule has 0 spiro atoms. The fourth-order valence-corrected chi connectivity index (χ4v) is 6.29. The highest BCUT2D eigenvalue weighted by atomic mass is 32.2. The van der Waals surface area contributed by atoms with Crippen molar-refractivity contribution in [3.8, 4) is 5.75 Å². The maximum Gasteiger partial charge on any atom is 0.276 e. The summed E-state index contributed by atoms with van der Waals surface area (Å²) in [5, 5.41) is 20.0. The van der Waals surface area contributed by atoms with E-state index in [0.717, 1.165) is 24.2 Å². The number of fused-ring (bicyclic) bond motifs is 1. The summed E-state index contributed by atoms with van der Waals surface area (Å²) in [6, 6.07) is -0.959. The number of aryl methyl sites for hydroxylation is 1. The molecule has 1 saturated heterocycles. The van der Waals surface area contributed by atoms with E-state index in [1.54, 1.807) is 34.2 Å². The number of nitrogens with one attached hydrogen (secondary N) is 1. The van der Waals surface area contributed by atoms with E-state index in [1.807, 2.05) is 12.2 Å². The number of carbonyl (C=O) groups excluding carboxylic acids is 3. The monoisotopic (exact) mass is 559 g/mol. The zero-order chi connectivity index (χ0) is 27.0. The summed E-state index contributed by atoms with van der Waals surface area (Å²) in [5.74, 6) is -1.75. The number of anilines is 1. The van der Waals surface area contributed by atoms with E-state index in [4.69, 9.17) is 15.3 Å². The normalized spacial score (nSPS) is 22.8.